The molecule has 2 rings (SSSR count). The second-order valence-electron chi connectivity index (χ2n) is 3.56. The molecule has 0 bridgehead atoms. The molecule has 0 fully saturated rings. The van der Waals surface area contributed by atoms with Gasteiger partial charge in [-0.3, -0.25) is 4.79 Å². The first kappa shape index (κ1) is 14.1. The van der Waals surface area contributed by atoms with E-state index in [0.717, 1.165) is 4.90 Å². The van der Waals surface area contributed by atoms with Crippen LogP contribution in [0, 0.1) is 0 Å². The van der Waals surface area contributed by atoms with Crippen LogP contribution in [-0.4, -0.2) is 11.0 Å². The van der Waals surface area contributed by atoms with Gasteiger partial charge < -0.3 is 10.4 Å². The Morgan fingerprint density at radius 2 is 1.61 bits per heavy atom. The normalized spacial score (nSPS) is 9.00. The van der Waals surface area contributed by atoms with Crippen LogP contribution in [0.3, 0.4) is 0 Å². The van der Waals surface area contributed by atoms with Crippen LogP contribution in [0.2, 0.25) is 0 Å². The van der Waals surface area contributed by atoms with Crippen molar-refractivity contribution in [3.8, 4) is 5.75 Å². The summed E-state index contributed by atoms with van der Waals surface area (Å²) in [6.45, 7) is 1.44. The molecule has 0 spiro atoms. The van der Waals surface area contributed by atoms with Gasteiger partial charge in [0.25, 0.3) is 0 Å². The Hall–Kier alpha value is -1.94. The van der Waals surface area contributed by atoms with E-state index in [9.17, 15) is 4.79 Å². The molecule has 1 amide bonds. The van der Waals surface area contributed by atoms with E-state index in [2.05, 4.69) is 17.9 Å². The molecule has 0 aromatic heterocycles. The molecule has 0 saturated carbocycles. The van der Waals surface area contributed by atoms with Gasteiger partial charge in [0.05, 0.1) is 0 Å². The number of aromatic hydroxyl groups is 1. The Balaban J connectivity index is 0.000000199. The number of hydrogen-bond acceptors (Lipinski definition) is 3. The molecule has 2 aromatic rings. The minimum atomic E-state index is -0.115. The summed E-state index contributed by atoms with van der Waals surface area (Å²) in [5.74, 6) is 0.0785. The zero-order valence-electron chi connectivity index (χ0n) is 10.00. The van der Waals surface area contributed by atoms with Gasteiger partial charge in [-0.2, -0.15) is 0 Å². The number of anilines is 1. The highest BCUT2D eigenvalue weighted by Gasteiger charge is 1.93. The zero-order chi connectivity index (χ0) is 13.4. The second-order valence-corrected chi connectivity index (χ2v) is 4.08. The zero-order valence-corrected chi connectivity index (χ0v) is 10.9. The van der Waals surface area contributed by atoms with Crippen LogP contribution in [-0.2, 0) is 4.79 Å². The average Bonchev–Trinajstić information content (AvgIpc) is 2.33. The number of thiol groups is 1. The van der Waals surface area contributed by atoms with Crippen molar-refractivity contribution in [1.82, 2.24) is 0 Å². The summed E-state index contributed by atoms with van der Waals surface area (Å²) >= 11 is 4.08. The lowest BCUT2D eigenvalue weighted by molar-refractivity contribution is -0.114. The molecule has 0 saturated heterocycles. The highest BCUT2D eigenvalue weighted by molar-refractivity contribution is 7.80. The molecule has 0 aliphatic carbocycles. The van der Waals surface area contributed by atoms with Crippen LogP contribution in [0.1, 0.15) is 6.92 Å². The summed E-state index contributed by atoms with van der Waals surface area (Å²) < 4.78 is 0. The van der Waals surface area contributed by atoms with Gasteiger partial charge in [-0.05, 0) is 36.4 Å². The lowest BCUT2D eigenvalue weighted by Gasteiger charge is -1.99. The summed E-state index contributed by atoms with van der Waals surface area (Å²) in [6.07, 6.45) is 0. The summed E-state index contributed by atoms with van der Waals surface area (Å²) in [4.78, 5) is 11.5. The molecular formula is C14H15NO2S. The van der Waals surface area contributed by atoms with E-state index < -0.39 is 0 Å². The summed E-state index contributed by atoms with van der Waals surface area (Å²) in [7, 11) is 0. The van der Waals surface area contributed by atoms with E-state index in [-0.39, 0.29) is 11.7 Å². The van der Waals surface area contributed by atoms with Gasteiger partial charge in [0.15, 0.2) is 0 Å². The van der Waals surface area contributed by atoms with Crippen molar-refractivity contribution in [2.45, 2.75) is 11.8 Å². The summed E-state index contributed by atoms with van der Waals surface area (Å²) in [6, 6.07) is 16.1. The Morgan fingerprint density at radius 1 is 1.06 bits per heavy atom. The van der Waals surface area contributed by atoms with Gasteiger partial charge in [-0.25, -0.2) is 0 Å². The second kappa shape index (κ2) is 7.40. The van der Waals surface area contributed by atoms with Crippen LogP contribution in [0.25, 0.3) is 0 Å². The van der Waals surface area contributed by atoms with E-state index in [4.69, 9.17) is 5.11 Å². The molecule has 0 radical (unpaired) electrons. The lowest BCUT2D eigenvalue weighted by atomic mass is 10.3. The van der Waals surface area contributed by atoms with Crippen molar-refractivity contribution < 1.29 is 9.90 Å². The third kappa shape index (κ3) is 5.96. The third-order valence-corrected chi connectivity index (χ3v) is 2.24. The lowest BCUT2D eigenvalue weighted by Crippen LogP contribution is -2.04. The number of rotatable bonds is 1. The molecule has 0 aliphatic heterocycles. The van der Waals surface area contributed by atoms with Gasteiger partial charge >= 0.3 is 0 Å². The fraction of sp³-hybridized carbons (Fsp3) is 0.0714. The first-order valence-corrected chi connectivity index (χ1v) is 5.83. The monoisotopic (exact) mass is 261 g/mol. The van der Waals surface area contributed by atoms with Crippen LogP contribution in [0.4, 0.5) is 5.69 Å². The largest absolute Gasteiger partial charge is 0.508 e. The number of phenolic OH excluding ortho intramolecular Hbond substituents is 1. The Bertz CT molecular complexity index is 483. The van der Waals surface area contributed by atoms with Crippen molar-refractivity contribution in [3.05, 3.63) is 54.6 Å². The van der Waals surface area contributed by atoms with Gasteiger partial charge in [-0.15, -0.1) is 12.6 Å². The SMILES string of the molecule is CC(=O)Nc1ccc(O)cc1.Sc1ccccc1. The molecule has 0 atom stereocenters. The molecule has 0 heterocycles. The molecule has 0 aliphatic rings. The fourth-order valence-corrected chi connectivity index (χ4v) is 1.35. The first-order valence-electron chi connectivity index (χ1n) is 5.38. The number of phenols is 1. The molecule has 18 heavy (non-hydrogen) atoms. The number of carbonyl (C=O) groups excluding carboxylic acids is 1. The maximum absolute atomic E-state index is 10.5. The van der Waals surface area contributed by atoms with E-state index in [1.807, 2.05) is 30.3 Å². The topological polar surface area (TPSA) is 49.3 Å². The number of hydrogen-bond donors (Lipinski definition) is 3. The predicted molar refractivity (Wildman–Crippen MR) is 76.1 cm³/mol. The predicted octanol–water partition coefficient (Wildman–Crippen LogP) is 3.33. The first-order chi connectivity index (χ1) is 8.58. The van der Waals surface area contributed by atoms with E-state index in [1.165, 1.54) is 19.1 Å². The van der Waals surface area contributed by atoms with Crippen molar-refractivity contribution in [2.24, 2.45) is 0 Å². The maximum Gasteiger partial charge on any atom is 0.221 e. The van der Waals surface area contributed by atoms with Gasteiger partial charge in [0, 0.05) is 17.5 Å². The van der Waals surface area contributed by atoms with Gasteiger partial charge in [-0.1, -0.05) is 18.2 Å². The van der Waals surface area contributed by atoms with Crippen molar-refractivity contribution in [2.75, 3.05) is 5.32 Å². The fourth-order valence-electron chi connectivity index (χ4n) is 1.18. The van der Waals surface area contributed by atoms with Crippen molar-refractivity contribution in [1.29, 1.82) is 0 Å². The van der Waals surface area contributed by atoms with Crippen LogP contribution in [0.5, 0.6) is 5.75 Å². The molecule has 3 nitrogen and oxygen atoms in total. The third-order valence-electron chi connectivity index (χ3n) is 1.94. The van der Waals surface area contributed by atoms with Crippen LogP contribution < -0.4 is 5.32 Å². The van der Waals surface area contributed by atoms with E-state index >= 15 is 0 Å². The Morgan fingerprint density at radius 3 is 2.00 bits per heavy atom. The maximum atomic E-state index is 10.5. The Kier molecular flexibility index (Phi) is 5.80. The van der Waals surface area contributed by atoms with Crippen molar-refractivity contribution >= 4 is 24.2 Å². The molecule has 2 N–H and O–H groups in total. The van der Waals surface area contributed by atoms with Gasteiger partial charge in [0.1, 0.15) is 5.75 Å². The number of benzene rings is 2. The summed E-state index contributed by atoms with van der Waals surface area (Å²) in [5, 5.41) is 11.5. The van der Waals surface area contributed by atoms with Gasteiger partial charge in [0.2, 0.25) is 5.91 Å². The average molecular weight is 261 g/mol. The highest BCUT2D eigenvalue weighted by atomic mass is 32.1. The molecule has 0 unspecified atom stereocenters. The minimum absolute atomic E-state index is 0.115. The van der Waals surface area contributed by atoms with Crippen LogP contribution >= 0.6 is 12.6 Å². The summed E-state index contributed by atoms with van der Waals surface area (Å²) in [5.41, 5.74) is 0.690. The minimum Gasteiger partial charge on any atom is -0.508 e. The highest BCUT2D eigenvalue weighted by Crippen LogP contribution is 2.13. The number of carbonyl (C=O) groups is 1. The standard InChI is InChI=1S/C8H9NO2.C6H6S/c1-6(10)9-7-2-4-8(11)5-3-7;7-6-4-2-1-3-5-6/h2-5,11H,1H3,(H,9,10);1-5,7H. The molecular weight excluding hydrogens is 246 g/mol. The molecule has 2 aromatic carbocycles. The smallest absolute Gasteiger partial charge is 0.221 e. The molecule has 94 valence electrons. The number of amides is 1. The van der Waals surface area contributed by atoms with E-state index in [1.54, 1.807) is 12.1 Å². The Labute approximate surface area is 112 Å². The van der Waals surface area contributed by atoms with Crippen LogP contribution in [0.15, 0.2) is 59.5 Å². The molecule has 4 heteroatoms. The quantitative estimate of drug-likeness (QED) is 0.545. The van der Waals surface area contributed by atoms with E-state index in [0.29, 0.717) is 5.69 Å². The number of nitrogens with one attached hydrogen (secondary N) is 1. The van der Waals surface area contributed by atoms with Crippen molar-refractivity contribution in [3.63, 3.8) is 0 Å².